The maximum Gasteiger partial charge on any atom is 0.408 e. The number of amides is 1. The zero-order valence-corrected chi connectivity index (χ0v) is 9.74. The molecule has 0 saturated heterocycles. The van der Waals surface area contributed by atoms with Crippen LogP contribution in [0.1, 0.15) is 33.6 Å². The lowest BCUT2D eigenvalue weighted by atomic mass is 10.00. The van der Waals surface area contributed by atoms with Crippen LogP contribution in [0.25, 0.3) is 0 Å². The SMILES string of the molecule is CC(C)(C)OC(=O)N[C@]1(C(=O)O)C=CCC1. The lowest BCUT2D eigenvalue weighted by molar-refractivity contribution is -0.142. The van der Waals surface area contributed by atoms with E-state index in [4.69, 9.17) is 9.84 Å². The molecule has 0 spiro atoms. The number of nitrogens with one attached hydrogen (secondary N) is 1. The fraction of sp³-hybridized carbons (Fsp3) is 0.636. The molecule has 0 fully saturated rings. The average Bonchev–Trinajstić information content (AvgIpc) is 2.49. The van der Waals surface area contributed by atoms with Gasteiger partial charge in [0.25, 0.3) is 0 Å². The molecule has 1 aliphatic carbocycles. The van der Waals surface area contributed by atoms with Gasteiger partial charge in [0.15, 0.2) is 5.54 Å². The molecule has 0 aromatic heterocycles. The van der Waals surface area contributed by atoms with E-state index in [0.29, 0.717) is 12.8 Å². The summed E-state index contributed by atoms with van der Waals surface area (Å²) in [6, 6.07) is 0. The summed E-state index contributed by atoms with van der Waals surface area (Å²) in [7, 11) is 0. The summed E-state index contributed by atoms with van der Waals surface area (Å²) in [5.74, 6) is -1.06. The number of hydrogen-bond donors (Lipinski definition) is 2. The third-order valence-corrected chi connectivity index (χ3v) is 2.21. The van der Waals surface area contributed by atoms with Crippen molar-refractivity contribution < 1.29 is 19.4 Å². The largest absolute Gasteiger partial charge is 0.479 e. The summed E-state index contributed by atoms with van der Waals surface area (Å²) in [4.78, 5) is 22.6. The van der Waals surface area contributed by atoms with Crippen molar-refractivity contribution in [2.75, 3.05) is 0 Å². The van der Waals surface area contributed by atoms with Gasteiger partial charge in [-0.05, 0) is 33.6 Å². The molecule has 16 heavy (non-hydrogen) atoms. The Balaban J connectivity index is 2.68. The van der Waals surface area contributed by atoms with Crippen LogP contribution in [0.15, 0.2) is 12.2 Å². The van der Waals surface area contributed by atoms with Gasteiger partial charge in [-0.3, -0.25) is 0 Å². The first kappa shape index (κ1) is 12.5. The number of carbonyl (C=O) groups is 2. The van der Waals surface area contributed by atoms with Crippen LogP contribution in [0.2, 0.25) is 0 Å². The van der Waals surface area contributed by atoms with Crippen LogP contribution >= 0.6 is 0 Å². The molecule has 5 heteroatoms. The van der Waals surface area contributed by atoms with Crippen LogP contribution in [0.3, 0.4) is 0 Å². The third kappa shape index (κ3) is 2.98. The third-order valence-electron chi connectivity index (χ3n) is 2.21. The second-order valence-electron chi connectivity index (χ2n) is 4.84. The van der Waals surface area contributed by atoms with E-state index < -0.39 is 23.2 Å². The molecule has 0 radical (unpaired) electrons. The minimum Gasteiger partial charge on any atom is -0.479 e. The molecule has 1 aliphatic rings. The number of rotatable bonds is 2. The van der Waals surface area contributed by atoms with Crippen LogP contribution in [0.5, 0.6) is 0 Å². The predicted octanol–water partition coefficient (Wildman–Crippen LogP) is 1.68. The molecule has 1 amide bonds. The van der Waals surface area contributed by atoms with Gasteiger partial charge in [0.05, 0.1) is 0 Å². The highest BCUT2D eigenvalue weighted by Gasteiger charge is 2.40. The van der Waals surface area contributed by atoms with Crippen LogP contribution in [0, 0.1) is 0 Å². The van der Waals surface area contributed by atoms with Crippen molar-refractivity contribution in [1.82, 2.24) is 5.32 Å². The van der Waals surface area contributed by atoms with E-state index in [1.807, 2.05) is 0 Å². The summed E-state index contributed by atoms with van der Waals surface area (Å²) in [5.41, 5.74) is -1.94. The molecule has 0 aromatic carbocycles. The van der Waals surface area contributed by atoms with Gasteiger partial charge in [0, 0.05) is 0 Å². The quantitative estimate of drug-likeness (QED) is 0.704. The van der Waals surface area contributed by atoms with Gasteiger partial charge in [-0.15, -0.1) is 0 Å². The van der Waals surface area contributed by atoms with Crippen molar-refractivity contribution in [3.05, 3.63) is 12.2 Å². The van der Waals surface area contributed by atoms with Crippen LogP contribution in [-0.2, 0) is 9.53 Å². The fourth-order valence-electron chi connectivity index (χ4n) is 1.50. The Morgan fingerprint density at radius 2 is 2.06 bits per heavy atom. The van der Waals surface area contributed by atoms with Crippen LogP contribution in [-0.4, -0.2) is 28.3 Å². The molecule has 0 unspecified atom stereocenters. The number of aliphatic carboxylic acids is 1. The fourth-order valence-corrected chi connectivity index (χ4v) is 1.50. The number of hydrogen-bond acceptors (Lipinski definition) is 3. The Labute approximate surface area is 94.5 Å². The van der Waals surface area contributed by atoms with Crippen molar-refractivity contribution >= 4 is 12.1 Å². The molecule has 5 nitrogen and oxygen atoms in total. The van der Waals surface area contributed by atoms with E-state index in [-0.39, 0.29) is 0 Å². The van der Waals surface area contributed by atoms with E-state index in [1.54, 1.807) is 26.8 Å². The number of ether oxygens (including phenoxy) is 1. The normalized spacial score (nSPS) is 24.2. The van der Waals surface area contributed by atoms with E-state index in [9.17, 15) is 9.59 Å². The molecule has 1 rings (SSSR count). The molecule has 0 saturated carbocycles. The van der Waals surface area contributed by atoms with Crippen molar-refractivity contribution in [3.63, 3.8) is 0 Å². The minimum atomic E-state index is -1.30. The topological polar surface area (TPSA) is 75.6 Å². The highest BCUT2D eigenvalue weighted by Crippen LogP contribution is 2.23. The molecule has 90 valence electrons. The Morgan fingerprint density at radius 3 is 2.44 bits per heavy atom. The Morgan fingerprint density at radius 1 is 1.44 bits per heavy atom. The summed E-state index contributed by atoms with van der Waals surface area (Å²) in [6.07, 6.45) is 3.54. The molecule has 0 bridgehead atoms. The Kier molecular flexibility index (Phi) is 3.26. The van der Waals surface area contributed by atoms with E-state index in [0.717, 1.165) is 0 Å². The highest BCUT2D eigenvalue weighted by molar-refractivity contribution is 5.87. The van der Waals surface area contributed by atoms with E-state index >= 15 is 0 Å². The predicted molar refractivity (Wildman–Crippen MR) is 58.1 cm³/mol. The average molecular weight is 227 g/mol. The molecular weight excluding hydrogens is 210 g/mol. The zero-order chi connectivity index (χ0) is 12.4. The number of carboxylic acids is 1. The second-order valence-corrected chi connectivity index (χ2v) is 4.84. The molecule has 0 aromatic rings. The molecule has 0 aliphatic heterocycles. The van der Waals surface area contributed by atoms with Gasteiger partial charge < -0.3 is 15.2 Å². The molecule has 0 heterocycles. The van der Waals surface area contributed by atoms with Crippen LogP contribution in [0.4, 0.5) is 4.79 Å². The Bertz CT molecular complexity index is 329. The van der Waals surface area contributed by atoms with Crippen molar-refractivity contribution in [2.45, 2.75) is 44.8 Å². The highest BCUT2D eigenvalue weighted by atomic mass is 16.6. The van der Waals surface area contributed by atoms with Gasteiger partial charge in [0.2, 0.25) is 0 Å². The first-order valence-corrected chi connectivity index (χ1v) is 5.17. The lowest BCUT2D eigenvalue weighted by Gasteiger charge is -2.26. The van der Waals surface area contributed by atoms with Crippen molar-refractivity contribution in [3.8, 4) is 0 Å². The molecule has 1 atom stereocenters. The van der Waals surface area contributed by atoms with Gasteiger partial charge in [-0.2, -0.15) is 0 Å². The maximum atomic E-state index is 11.5. The second kappa shape index (κ2) is 4.15. The maximum absolute atomic E-state index is 11.5. The number of carbonyl (C=O) groups excluding carboxylic acids is 1. The number of allylic oxidation sites excluding steroid dienone is 1. The minimum absolute atomic E-state index is 0.363. The molecule has 2 N–H and O–H groups in total. The van der Waals surface area contributed by atoms with E-state index in [1.165, 1.54) is 6.08 Å². The van der Waals surface area contributed by atoms with Gasteiger partial charge >= 0.3 is 12.1 Å². The zero-order valence-electron chi connectivity index (χ0n) is 9.74. The summed E-state index contributed by atoms with van der Waals surface area (Å²) in [5, 5.41) is 11.5. The summed E-state index contributed by atoms with van der Waals surface area (Å²) >= 11 is 0. The Hall–Kier alpha value is -1.52. The monoisotopic (exact) mass is 227 g/mol. The standard InChI is InChI=1S/C11H17NO4/c1-10(2,3)16-9(15)12-11(8(13)14)6-4-5-7-11/h4,6H,5,7H2,1-3H3,(H,12,15)(H,13,14)/t11-/m1/s1. The first-order chi connectivity index (χ1) is 7.25. The van der Waals surface area contributed by atoms with Crippen molar-refractivity contribution in [2.24, 2.45) is 0 Å². The van der Waals surface area contributed by atoms with Crippen molar-refractivity contribution in [1.29, 1.82) is 0 Å². The van der Waals surface area contributed by atoms with Gasteiger partial charge in [-0.25, -0.2) is 9.59 Å². The first-order valence-electron chi connectivity index (χ1n) is 5.17. The number of carboxylic acid groups (broad SMARTS) is 1. The van der Waals surface area contributed by atoms with Gasteiger partial charge in [0.1, 0.15) is 5.60 Å². The molecular formula is C11H17NO4. The smallest absolute Gasteiger partial charge is 0.408 e. The summed E-state index contributed by atoms with van der Waals surface area (Å²) < 4.78 is 5.03. The van der Waals surface area contributed by atoms with E-state index in [2.05, 4.69) is 5.32 Å². The van der Waals surface area contributed by atoms with Gasteiger partial charge in [-0.1, -0.05) is 12.2 Å². The van der Waals surface area contributed by atoms with Crippen LogP contribution < -0.4 is 5.32 Å². The number of alkyl carbamates (subject to hydrolysis) is 1. The summed E-state index contributed by atoms with van der Waals surface area (Å²) in [6.45, 7) is 5.18. The lowest BCUT2D eigenvalue weighted by Crippen LogP contribution is -2.53.